The third kappa shape index (κ3) is 6.87. The summed E-state index contributed by atoms with van der Waals surface area (Å²) in [4.78, 5) is 15.1. The van der Waals surface area contributed by atoms with Crippen LogP contribution >= 0.6 is 24.0 Å². The summed E-state index contributed by atoms with van der Waals surface area (Å²) in [5, 5.41) is 11.6. The van der Waals surface area contributed by atoms with Gasteiger partial charge in [-0.25, -0.2) is 9.97 Å². The van der Waals surface area contributed by atoms with Crippen molar-refractivity contribution in [2.75, 3.05) is 32.0 Å². The minimum Gasteiger partial charge on any atom is -0.435 e. The van der Waals surface area contributed by atoms with Gasteiger partial charge in [-0.2, -0.15) is 13.9 Å². The van der Waals surface area contributed by atoms with Gasteiger partial charge in [0, 0.05) is 33.7 Å². The summed E-state index contributed by atoms with van der Waals surface area (Å²) in [6.07, 6.45) is 3.24. The van der Waals surface area contributed by atoms with Gasteiger partial charge in [0.25, 0.3) is 0 Å². The van der Waals surface area contributed by atoms with E-state index in [1.54, 1.807) is 23.0 Å². The first-order chi connectivity index (χ1) is 15.0. The molecular formula is C20H27F2IN8O. The van der Waals surface area contributed by atoms with Crippen LogP contribution in [0.1, 0.15) is 12.5 Å². The van der Waals surface area contributed by atoms with Gasteiger partial charge < -0.3 is 20.3 Å². The highest BCUT2D eigenvalue weighted by Gasteiger charge is 2.09. The van der Waals surface area contributed by atoms with Gasteiger partial charge >= 0.3 is 6.61 Å². The summed E-state index contributed by atoms with van der Waals surface area (Å²) in [7, 11) is 3.75. The SMILES string of the molecule is CCNC(=NCCNc1ncnc2c1cnn2C)N(C)Cc1ccc(OC(F)F)cc1.I. The second kappa shape index (κ2) is 12.3. The number of fused-ring (bicyclic) bond motifs is 1. The molecule has 2 aromatic heterocycles. The summed E-state index contributed by atoms with van der Waals surface area (Å²) in [5.41, 5.74) is 1.71. The number of aromatic nitrogens is 4. The molecule has 0 radical (unpaired) electrons. The number of guanidine groups is 1. The Balaban J connectivity index is 0.00000363. The predicted molar refractivity (Wildman–Crippen MR) is 131 cm³/mol. The number of halogens is 3. The van der Waals surface area contributed by atoms with E-state index in [9.17, 15) is 8.78 Å². The second-order valence-corrected chi connectivity index (χ2v) is 6.77. The van der Waals surface area contributed by atoms with E-state index in [4.69, 9.17) is 0 Å². The van der Waals surface area contributed by atoms with Crippen LogP contribution in [-0.2, 0) is 13.6 Å². The minimum absolute atomic E-state index is 0. The molecule has 0 saturated heterocycles. The molecule has 0 bridgehead atoms. The lowest BCUT2D eigenvalue weighted by Gasteiger charge is -2.22. The average molecular weight is 560 g/mol. The molecule has 0 saturated carbocycles. The van der Waals surface area contributed by atoms with Crippen LogP contribution in [0.2, 0.25) is 0 Å². The first-order valence-electron chi connectivity index (χ1n) is 9.87. The fraction of sp³-hybridized carbons (Fsp3) is 0.400. The van der Waals surface area contributed by atoms with E-state index >= 15 is 0 Å². The number of benzene rings is 1. The molecule has 0 amide bonds. The average Bonchev–Trinajstić information content (AvgIpc) is 3.13. The second-order valence-electron chi connectivity index (χ2n) is 6.77. The zero-order valence-electron chi connectivity index (χ0n) is 18.1. The van der Waals surface area contributed by atoms with Gasteiger partial charge in [0.05, 0.1) is 18.1 Å². The van der Waals surface area contributed by atoms with Gasteiger partial charge in [-0.15, -0.1) is 24.0 Å². The maximum Gasteiger partial charge on any atom is 0.387 e. The van der Waals surface area contributed by atoms with Gasteiger partial charge in [-0.05, 0) is 24.6 Å². The summed E-state index contributed by atoms with van der Waals surface area (Å²) in [6, 6.07) is 6.58. The number of alkyl halides is 2. The van der Waals surface area contributed by atoms with Crippen molar-refractivity contribution in [2.45, 2.75) is 20.1 Å². The molecule has 3 rings (SSSR count). The topological polar surface area (TPSA) is 92.5 Å². The predicted octanol–water partition coefficient (Wildman–Crippen LogP) is 3.09. The number of nitrogens with zero attached hydrogens (tertiary/aromatic N) is 6. The van der Waals surface area contributed by atoms with Gasteiger partial charge in [-0.1, -0.05) is 12.1 Å². The van der Waals surface area contributed by atoms with E-state index in [1.807, 2.05) is 25.9 Å². The molecule has 0 aliphatic rings. The third-order valence-corrected chi connectivity index (χ3v) is 4.46. The fourth-order valence-electron chi connectivity index (χ4n) is 3.03. The maximum absolute atomic E-state index is 12.3. The highest BCUT2D eigenvalue weighted by atomic mass is 127. The smallest absolute Gasteiger partial charge is 0.387 e. The van der Waals surface area contributed by atoms with Gasteiger partial charge in [-0.3, -0.25) is 9.67 Å². The zero-order chi connectivity index (χ0) is 22.2. The van der Waals surface area contributed by atoms with Crippen LogP contribution in [0.5, 0.6) is 5.75 Å². The number of nitrogens with one attached hydrogen (secondary N) is 2. The fourth-order valence-corrected chi connectivity index (χ4v) is 3.03. The van der Waals surface area contributed by atoms with E-state index in [0.717, 1.165) is 34.9 Å². The van der Waals surface area contributed by atoms with Crippen molar-refractivity contribution in [3.05, 3.63) is 42.4 Å². The van der Waals surface area contributed by atoms with Crippen LogP contribution < -0.4 is 15.4 Å². The molecule has 0 fully saturated rings. The third-order valence-electron chi connectivity index (χ3n) is 4.46. The molecule has 0 unspecified atom stereocenters. The number of anilines is 1. The Kier molecular flexibility index (Phi) is 9.81. The van der Waals surface area contributed by atoms with E-state index in [1.165, 1.54) is 18.5 Å². The highest BCUT2D eigenvalue weighted by molar-refractivity contribution is 14.0. The van der Waals surface area contributed by atoms with E-state index in [2.05, 4.69) is 35.4 Å². The number of rotatable bonds is 9. The zero-order valence-corrected chi connectivity index (χ0v) is 20.5. The largest absolute Gasteiger partial charge is 0.435 e. The molecular weight excluding hydrogens is 533 g/mol. The van der Waals surface area contributed by atoms with Crippen molar-refractivity contribution < 1.29 is 13.5 Å². The van der Waals surface area contributed by atoms with Gasteiger partial charge in [0.2, 0.25) is 0 Å². The van der Waals surface area contributed by atoms with Crippen LogP contribution in [0.15, 0.2) is 41.8 Å². The molecule has 9 nitrogen and oxygen atoms in total. The van der Waals surface area contributed by atoms with Crippen LogP contribution in [0, 0.1) is 0 Å². The molecule has 12 heteroatoms. The van der Waals surface area contributed by atoms with Crippen LogP contribution in [0.3, 0.4) is 0 Å². The first kappa shape index (κ1) is 25.5. The van der Waals surface area contributed by atoms with E-state index in [0.29, 0.717) is 19.6 Å². The normalized spacial score (nSPS) is 11.4. The number of aliphatic imine (C=N–C) groups is 1. The quantitative estimate of drug-likeness (QED) is 0.180. The van der Waals surface area contributed by atoms with Gasteiger partial charge in [0.15, 0.2) is 11.6 Å². The Bertz CT molecular complexity index is 1010. The van der Waals surface area contributed by atoms with Crippen molar-refractivity contribution in [1.82, 2.24) is 30.0 Å². The Morgan fingerprint density at radius 3 is 2.69 bits per heavy atom. The summed E-state index contributed by atoms with van der Waals surface area (Å²) >= 11 is 0. The molecule has 0 aliphatic heterocycles. The number of hydrogen-bond acceptors (Lipinski definition) is 6. The Morgan fingerprint density at radius 2 is 2.00 bits per heavy atom. The van der Waals surface area contributed by atoms with Crippen LogP contribution in [-0.4, -0.2) is 63.9 Å². The molecule has 32 heavy (non-hydrogen) atoms. The standard InChI is InChI=1S/C20H26F2N8O.HI/c1-4-23-20(29(2)12-14-5-7-15(8-6-14)31-19(21)22)25-10-9-24-17-16-11-28-30(3)18(16)27-13-26-17;/h5-8,11,13,19H,4,9-10,12H2,1-3H3,(H,23,25)(H,24,26,27);1H. The van der Waals surface area contributed by atoms with Crippen molar-refractivity contribution in [3.63, 3.8) is 0 Å². The maximum atomic E-state index is 12.3. The summed E-state index contributed by atoms with van der Waals surface area (Å²) < 4.78 is 30.7. The van der Waals surface area contributed by atoms with Crippen molar-refractivity contribution in [1.29, 1.82) is 0 Å². The first-order valence-corrected chi connectivity index (χ1v) is 9.87. The van der Waals surface area contributed by atoms with Crippen LogP contribution in [0.25, 0.3) is 11.0 Å². The highest BCUT2D eigenvalue weighted by Crippen LogP contribution is 2.17. The molecule has 0 aliphatic carbocycles. The van der Waals surface area contributed by atoms with Gasteiger partial charge in [0.1, 0.15) is 17.9 Å². The number of hydrogen-bond donors (Lipinski definition) is 2. The van der Waals surface area contributed by atoms with Crippen molar-refractivity contribution in [3.8, 4) is 5.75 Å². The molecule has 2 N–H and O–H groups in total. The van der Waals surface area contributed by atoms with E-state index in [-0.39, 0.29) is 29.7 Å². The molecule has 174 valence electrons. The Hall–Kier alpha value is -2.77. The molecule has 2 heterocycles. The lowest BCUT2D eigenvalue weighted by Crippen LogP contribution is -2.38. The lowest BCUT2D eigenvalue weighted by molar-refractivity contribution is -0.0498. The number of aryl methyl sites for hydroxylation is 1. The van der Waals surface area contributed by atoms with E-state index < -0.39 is 6.61 Å². The molecule has 1 aromatic carbocycles. The van der Waals surface area contributed by atoms with Crippen molar-refractivity contribution >= 4 is 46.8 Å². The Morgan fingerprint density at radius 1 is 1.25 bits per heavy atom. The Labute approximate surface area is 202 Å². The minimum atomic E-state index is -2.83. The van der Waals surface area contributed by atoms with Crippen molar-refractivity contribution in [2.24, 2.45) is 12.0 Å². The number of ether oxygens (including phenoxy) is 1. The monoisotopic (exact) mass is 560 g/mol. The molecule has 0 spiro atoms. The summed E-state index contributed by atoms with van der Waals surface area (Å²) in [5.74, 6) is 1.60. The molecule has 3 aromatic rings. The lowest BCUT2D eigenvalue weighted by atomic mass is 10.2. The molecule has 0 atom stereocenters. The summed E-state index contributed by atoms with van der Waals surface area (Å²) in [6.45, 7) is 1.57. The van der Waals surface area contributed by atoms with Crippen LogP contribution in [0.4, 0.5) is 14.6 Å².